The summed E-state index contributed by atoms with van der Waals surface area (Å²) in [5.74, 6) is -0.175. The maximum absolute atomic E-state index is 11.4. The number of rotatable bonds is 4. The normalized spacial score (nSPS) is 10.8. The first-order valence-corrected chi connectivity index (χ1v) is 5.54. The largest absolute Gasteiger partial charge is 0.328 e. The third kappa shape index (κ3) is 3.03. The van der Waals surface area contributed by atoms with Crippen LogP contribution in [0.25, 0.3) is 0 Å². The van der Waals surface area contributed by atoms with E-state index in [0.29, 0.717) is 0 Å². The van der Waals surface area contributed by atoms with Gasteiger partial charge in [0.1, 0.15) is 6.54 Å². The highest BCUT2D eigenvalue weighted by atomic mass is 32.1. The van der Waals surface area contributed by atoms with Crippen LogP contribution >= 0.6 is 11.3 Å². The predicted octanol–water partition coefficient (Wildman–Crippen LogP) is 1.09. The summed E-state index contributed by atoms with van der Waals surface area (Å²) in [7, 11) is 0. The van der Waals surface area contributed by atoms with E-state index in [4.69, 9.17) is 0 Å². The van der Waals surface area contributed by atoms with E-state index in [2.05, 4.69) is 15.5 Å². The summed E-state index contributed by atoms with van der Waals surface area (Å²) in [6.45, 7) is 0.224. The molecule has 0 atom stereocenters. The van der Waals surface area contributed by atoms with Crippen LogP contribution < -0.4 is 5.43 Å². The van der Waals surface area contributed by atoms with E-state index in [-0.39, 0.29) is 12.5 Å². The van der Waals surface area contributed by atoms with Crippen LogP contribution in [-0.2, 0) is 11.3 Å². The van der Waals surface area contributed by atoms with Crippen molar-refractivity contribution in [3.8, 4) is 0 Å². The molecule has 82 valence electrons. The van der Waals surface area contributed by atoms with Crippen molar-refractivity contribution in [3.05, 3.63) is 41.1 Å². The van der Waals surface area contributed by atoms with Crippen molar-refractivity contribution < 1.29 is 4.79 Å². The molecule has 2 heterocycles. The number of aromatic nitrogens is 2. The van der Waals surface area contributed by atoms with Crippen LogP contribution in [0.2, 0.25) is 0 Å². The third-order valence-corrected chi connectivity index (χ3v) is 2.62. The molecule has 0 saturated carbocycles. The van der Waals surface area contributed by atoms with Crippen LogP contribution in [0.3, 0.4) is 0 Å². The Morgan fingerprint density at radius 3 is 3.31 bits per heavy atom. The first-order valence-electron chi connectivity index (χ1n) is 4.66. The molecule has 2 aromatic rings. The van der Waals surface area contributed by atoms with Gasteiger partial charge in [-0.05, 0) is 11.4 Å². The van der Waals surface area contributed by atoms with Gasteiger partial charge in [-0.15, -0.1) is 11.3 Å². The molecule has 0 aromatic carbocycles. The molecular weight excluding hydrogens is 224 g/mol. The molecule has 0 saturated heterocycles. The minimum absolute atomic E-state index is 0.175. The van der Waals surface area contributed by atoms with E-state index in [9.17, 15) is 4.79 Å². The highest BCUT2D eigenvalue weighted by Gasteiger charge is 1.99. The number of nitrogens with one attached hydrogen (secondary N) is 1. The number of hydrazone groups is 1. The van der Waals surface area contributed by atoms with Crippen LogP contribution in [0.5, 0.6) is 0 Å². The van der Waals surface area contributed by atoms with Crippen molar-refractivity contribution in [1.29, 1.82) is 0 Å². The van der Waals surface area contributed by atoms with E-state index in [1.165, 1.54) is 0 Å². The second-order valence-corrected chi connectivity index (χ2v) is 4.02. The molecular formula is C10H10N4OS. The van der Waals surface area contributed by atoms with Crippen LogP contribution in [0.1, 0.15) is 4.88 Å². The predicted molar refractivity (Wildman–Crippen MR) is 62.3 cm³/mol. The molecule has 1 amide bonds. The summed E-state index contributed by atoms with van der Waals surface area (Å²) >= 11 is 1.56. The zero-order valence-corrected chi connectivity index (χ0v) is 9.22. The van der Waals surface area contributed by atoms with Gasteiger partial charge in [-0.3, -0.25) is 4.79 Å². The first-order chi connectivity index (χ1) is 7.84. The average molecular weight is 234 g/mol. The Bertz CT molecular complexity index is 461. The molecule has 6 heteroatoms. The number of thiophene rings is 1. The molecule has 0 aliphatic heterocycles. The van der Waals surface area contributed by atoms with Crippen molar-refractivity contribution >= 4 is 23.5 Å². The molecule has 0 aliphatic carbocycles. The quantitative estimate of drug-likeness (QED) is 0.636. The maximum Gasteiger partial charge on any atom is 0.260 e. The monoisotopic (exact) mass is 234 g/mol. The molecule has 1 N–H and O–H groups in total. The maximum atomic E-state index is 11.4. The van der Waals surface area contributed by atoms with Crippen LogP contribution in [0, 0.1) is 0 Å². The molecule has 5 nitrogen and oxygen atoms in total. The molecule has 0 spiro atoms. The van der Waals surface area contributed by atoms with Gasteiger partial charge in [0.15, 0.2) is 0 Å². The minimum Gasteiger partial charge on any atom is -0.328 e. The van der Waals surface area contributed by atoms with Gasteiger partial charge in [0, 0.05) is 17.3 Å². The van der Waals surface area contributed by atoms with Crippen molar-refractivity contribution in [2.24, 2.45) is 5.10 Å². The van der Waals surface area contributed by atoms with Gasteiger partial charge >= 0.3 is 0 Å². The molecule has 0 fully saturated rings. The fraction of sp³-hybridized carbons (Fsp3) is 0.100. The Morgan fingerprint density at radius 2 is 2.62 bits per heavy atom. The third-order valence-electron chi connectivity index (χ3n) is 1.81. The molecule has 0 unspecified atom stereocenters. The lowest BCUT2D eigenvalue weighted by atomic mass is 10.5. The highest BCUT2D eigenvalue weighted by Crippen LogP contribution is 2.03. The Morgan fingerprint density at radius 1 is 1.69 bits per heavy atom. The van der Waals surface area contributed by atoms with Gasteiger partial charge < -0.3 is 4.57 Å². The standard InChI is InChI=1S/C10H10N4OS/c15-10(7-14-4-3-11-8-14)13-12-6-9-2-1-5-16-9/h1-6,8H,7H2,(H,13,15). The molecule has 0 bridgehead atoms. The first kappa shape index (κ1) is 10.6. The number of carbonyl (C=O) groups excluding carboxylic acids is 1. The number of hydrogen-bond acceptors (Lipinski definition) is 4. The van der Waals surface area contributed by atoms with Gasteiger partial charge in [-0.2, -0.15) is 5.10 Å². The number of carbonyl (C=O) groups is 1. The number of imidazole rings is 1. The summed E-state index contributed by atoms with van der Waals surface area (Å²) in [5.41, 5.74) is 2.45. The summed E-state index contributed by atoms with van der Waals surface area (Å²) < 4.78 is 1.68. The summed E-state index contributed by atoms with van der Waals surface area (Å²) in [5, 5.41) is 5.80. The van der Waals surface area contributed by atoms with E-state index < -0.39 is 0 Å². The summed E-state index contributed by atoms with van der Waals surface area (Å²) in [6, 6.07) is 3.86. The summed E-state index contributed by atoms with van der Waals surface area (Å²) in [4.78, 5) is 16.2. The summed E-state index contributed by atoms with van der Waals surface area (Å²) in [6.07, 6.45) is 6.56. The van der Waals surface area contributed by atoms with Crippen molar-refractivity contribution in [1.82, 2.24) is 15.0 Å². The Hall–Kier alpha value is -1.95. The van der Waals surface area contributed by atoms with Crippen LogP contribution in [0.15, 0.2) is 41.3 Å². The van der Waals surface area contributed by atoms with E-state index >= 15 is 0 Å². The zero-order valence-electron chi connectivity index (χ0n) is 8.41. The Balaban J connectivity index is 1.80. The second kappa shape index (κ2) is 5.22. The number of nitrogens with zero attached hydrogens (tertiary/aromatic N) is 3. The minimum atomic E-state index is -0.175. The Kier molecular flexibility index (Phi) is 3.45. The lowest BCUT2D eigenvalue weighted by Crippen LogP contribution is -2.22. The highest BCUT2D eigenvalue weighted by molar-refractivity contribution is 7.11. The van der Waals surface area contributed by atoms with E-state index in [1.807, 2.05) is 17.5 Å². The number of amides is 1. The fourth-order valence-electron chi connectivity index (χ4n) is 1.11. The van der Waals surface area contributed by atoms with Crippen LogP contribution in [-0.4, -0.2) is 21.7 Å². The lowest BCUT2D eigenvalue weighted by molar-refractivity contribution is -0.121. The molecule has 16 heavy (non-hydrogen) atoms. The zero-order chi connectivity index (χ0) is 11.2. The van der Waals surface area contributed by atoms with Crippen LogP contribution in [0.4, 0.5) is 0 Å². The molecule has 0 aliphatic rings. The lowest BCUT2D eigenvalue weighted by Gasteiger charge is -1.99. The number of hydrogen-bond donors (Lipinski definition) is 1. The Labute approximate surface area is 96.4 Å². The van der Waals surface area contributed by atoms with Gasteiger partial charge in [0.2, 0.25) is 0 Å². The van der Waals surface area contributed by atoms with Crippen molar-refractivity contribution in [2.45, 2.75) is 6.54 Å². The topological polar surface area (TPSA) is 59.3 Å². The van der Waals surface area contributed by atoms with Gasteiger partial charge in [0.05, 0.1) is 12.5 Å². The van der Waals surface area contributed by atoms with E-state index in [1.54, 1.807) is 40.8 Å². The second-order valence-electron chi connectivity index (χ2n) is 3.04. The smallest absolute Gasteiger partial charge is 0.260 e. The SMILES string of the molecule is O=C(Cn1ccnc1)NN=Cc1cccs1. The molecule has 2 rings (SSSR count). The molecule has 2 aromatic heterocycles. The van der Waals surface area contributed by atoms with Crippen molar-refractivity contribution in [2.75, 3.05) is 0 Å². The average Bonchev–Trinajstić information content (AvgIpc) is 2.90. The van der Waals surface area contributed by atoms with Gasteiger partial charge in [-0.1, -0.05) is 6.07 Å². The van der Waals surface area contributed by atoms with Crippen molar-refractivity contribution in [3.63, 3.8) is 0 Å². The van der Waals surface area contributed by atoms with Gasteiger partial charge in [0.25, 0.3) is 5.91 Å². The van der Waals surface area contributed by atoms with E-state index in [0.717, 1.165) is 4.88 Å². The molecule has 0 radical (unpaired) electrons. The fourth-order valence-corrected chi connectivity index (χ4v) is 1.70. The van der Waals surface area contributed by atoms with Gasteiger partial charge in [-0.25, -0.2) is 10.4 Å².